The molecule has 6 aliphatic rings. The molecule has 0 radical (unpaired) electrons. The fourth-order valence-corrected chi connectivity index (χ4v) is 14.8. The van der Waals surface area contributed by atoms with Crippen molar-refractivity contribution >= 4 is 87.9 Å². The predicted molar refractivity (Wildman–Crippen MR) is 338 cm³/mol. The van der Waals surface area contributed by atoms with Crippen LogP contribution < -0.4 is 25.1 Å². The van der Waals surface area contributed by atoms with E-state index in [-0.39, 0.29) is 41.8 Å². The van der Waals surface area contributed by atoms with E-state index in [2.05, 4.69) is 63.6 Å². The number of fused-ring (bicyclic) bond motifs is 1. The average molecular weight is 1270 g/mol. The number of allylic oxidation sites excluding steroid dienone is 1. The number of piperazine rings is 1. The second-order valence-electron chi connectivity index (χ2n) is 23.3. The summed E-state index contributed by atoms with van der Waals surface area (Å²) in [6.45, 7) is 11.8. The lowest BCUT2D eigenvalue weighted by molar-refractivity contribution is -0.136. The van der Waals surface area contributed by atoms with Gasteiger partial charge in [0, 0.05) is 128 Å². The van der Waals surface area contributed by atoms with E-state index in [0.29, 0.717) is 58.9 Å². The summed E-state index contributed by atoms with van der Waals surface area (Å²) in [7, 11) is 0. The Bertz CT molecular complexity index is 3220. The van der Waals surface area contributed by atoms with Gasteiger partial charge < -0.3 is 34.5 Å². The van der Waals surface area contributed by atoms with E-state index >= 15 is 0 Å². The van der Waals surface area contributed by atoms with E-state index in [1.165, 1.54) is 22.3 Å². The van der Waals surface area contributed by atoms with E-state index < -0.39 is 23.6 Å². The molecule has 11 rings (SSSR count). The number of benzene rings is 5. The number of thioether (sulfide) groups is 1. The van der Waals surface area contributed by atoms with Crippen LogP contribution in [0, 0.1) is 5.92 Å². The largest absolute Gasteiger partial charge is 0.471 e. The number of hydrogen-bond donors (Lipinski definition) is 3. The molecule has 3 unspecified atom stereocenters. The first kappa shape index (κ1) is 62.8. The number of rotatable bonds is 22. The van der Waals surface area contributed by atoms with Gasteiger partial charge in [-0.05, 0) is 177 Å². The maximum atomic E-state index is 13.6. The molecule has 0 bridgehead atoms. The Labute approximate surface area is 525 Å². The Hall–Kier alpha value is -5.75. The third-order valence-electron chi connectivity index (χ3n) is 17.5. The van der Waals surface area contributed by atoms with Gasteiger partial charge in [-0.3, -0.25) is 34.1 Å². The first-order chi connectivity index (χ1) is 42.2. The van der Waals surface area contributed by atoms with E-state index in [4.69, 9.17) is 21.2 Å². The van der Waals surface area contributed by atoms with Crippen LogP contribution in [0.25, 0.3) is 5.57 Å². The molecule has 0 saturated carbocycles. The number of anilines is 2. The molecular formula is C65H74ClF3N8O7S3. The molecule has 4 fully saturated rings. The number of likely N-dealkylation sites (tertiary alicyclic amines) is 1. The summed E-state index contributed by atoms with van der Waals surface area (Å²) in [5.41, 5.74) is 4.34. The molecule has 4 amide bonds. The van der Waals surface area contributed by atoms with Crippen LogP contribution in [-0.4, -0.2) is 152 Å². The number of nitrogens with zero attached hydrogens (tertiary/aromatic N) is 5. The Morgan fingerprint density at radius 1 is 0.793 bits per heavy atom. The van der Waals surface area contributed by atoms with Crippen molar-refractivity contribution in [2.45, 2.75) is 97.6 Å². The molecule has 3 atom stereocenters. The number of carbonyl (C=O) groups excluding carboxylic acids is 4. The molecule has 5 aliphatic heterocycles. The summed E-state index contributed by atoms with van der Waals surface area (Å²) in [5, 5.41) is 6.66. The summed E-state index contributed by atoms with van der Waals surface area (Å²) in [5.74, 6) is 0.554. The van der Waals surface area contributed by atoms with Gasteiger partial charge in [-0.1, -0.05) is 59.6 Å². The van der Waals surface area contributed by atoms with Crippen LogP contribution in [0.5, 0.6) is 5.75 Å². The van der Waals surface area contributed by atoms with Crippen molar-refractivity contribution in [1.82, 2.24) is 29.6 Å². The number of halogens is 4. The normalized spacial score (nSPS) is 20.7. The van der Waals surface area contributed by atoms with E-state index in [0.717, 1.165) is 157 Å². The maximum Gasteiger partial charge on any atom is 0.471 e. The topological polar surface area (TPSA) is 148 Å². The van der Waals surface area contributed by atoms with Crippen LogP contribution in [0.1, 0.15) is 101 Å². The maximum absolute atomic E-state index is 13.6. The second-order valence-corrected chi connectivity index (χ2v) is 26.5. The molecule has 5 aromatic carbocycles. The number of nitrogens with one attached hydrogen (secondary N) is 3. The lowest BCUT2D eigenvalue weighted by Crippen LogP contribution is -2.52. The molecular weight excluding hydrogens is 1190 g/mol. The Kier molecular flexibility index (Phi) is 21.5. The highest BCUT2D eigenvalue weighted by atomic mass is 35.5. The number of hydrogen-bond acceptors (Lipinski definition) is 15. The Balaban J connectivity index is 0.667. The van der Waals surface area contributed by atoms with Crippen LogP contribution >= 0.6 is 47.4 Å². The number of carbonyl (C=O) groups is 4. The van der Waals surface area contributed by atoms with E-state index in [1.54, 1.807) is 34.9 Å². The zero-order valence-electron chi connectivity index (χ0n) is 48.6. The SMILES string of the molecule is O=C1CCC(N2Cc3cc(C4CCN(CC5CCC(c6ccc(Cl)cc6)=C(CN6CCN(c7ccc(C(=O)NSc8ccc(NC(CCN9CCCOCC9)CSc9ccccc9)c(OOSC(F)(F)F)c8)cc7)CC6)C5)CC4)ccc3C2=O)C(=O)N1. The number of alkyl halides is 3. The average Bonchev–Trinajstić information content (AvgIpc) is 2.23. The van der Waals surface area contributed by atoms with E-state index in [9.17, 15) is 32.3 Å². The van der Waals surface area contributed by atoms with Crippen LogP contribution in [-0.2, 0) is 25.2 Å². The monoisotopic (exact) mass is 1270 g/mol. The molecule has 3 N–H and O–H groups in total. The number of amides is 4. The minimum absolute atomic E-state index is 0.0537. The molecule has 0 aromatic heterocycles. The quantitative estimate of drug-likeness (QED) is 0.0151. The van der Waals surface area contributed by atoms with Crippen molar-refractivity contribution in [2.75, 3.05) is 101 Å². The summed E-state index contributed by atoms with van der Waals surface area (Å²) in [6.07, 6.45) is 7.59. The van der Waals surface area contributed by atoms with Gasteiger partial charge in [0.2, 0.25) is 11.8 Å². The van der Waals surface area contributed by atoms with Crippen LogP contribution in [0.4, 0.5) is 24.5 Å². The summed E-state index contributed by atoms with van der Waals surface area (Å²) < 4.78 is 52.8. The van der Waals surface area contributed by atoms with Crippen LogP contribution in [0.3, 0.4) is 0 Å². The lowest BCUT2D eigenvalue weighted by Gasteiger charge is -2.39. The molecule has 462 valence electrons. The molecule has 5 heterocycles. The Morgan fingerprint density at radius 3 is 2.36 bits per heavy atom. The molecule has 5 aromatic rings. The minimum atomic E-state index is -4.68. The van der Waals surface area contributed by atoms with Crippen molar-refractivity contribution in [3.05, 3.63) is 154 Å². The zero-order chi connectivity index (χ0) is 60.3. The fraction of sp³-hybridized carbons (Fsp3) is 0.446. The van der Waals surface area contributed by atoms with Gasteiger partial charge >= 0.3 is 5.51 Å². The van der Waals surface area contributed by atoms with Crippen LogP contribution in [0.2, 0.25) is 5.02 Å². The van der Waals surface area contributed by atoms with Gasteiger partial charge in [-0.15, -0.1) is 16.1 Å². The number of imide groups is 1. The highest BCUT2D eigenvalue weighted by Gasteiger charge is 2.40. The van der Waals surface area contributed by atoms with Gasteiger partial charge in [0.25, 0.3) is 11.8 Å². The lowest BCUT2D eigenvalue weighted by atomic mass is 9.80. The molecule has 87 heavy (non-hydrogen) atoms. The number of piperidine rings is 2. The first-order valence-electron chi connectivity index (χ1n) is 30.2. The summed E-state index contributed by atoms with van der Waals surface area (Å²) in [6, 6.07) is 36.5. The van der Waals surface area contributed by atoms with Crippen molar-refractivity contribution in [2.24, 2.45) is 5.92 Å². The first-order valence-corrected chi connectivity index (χ1v) is 33.1. The second kappa shape index (κ2) is 29.7. The van der Waals surface area contributed by atoms with Gasteiger partial charge in [0.15, 0.2) is 17.8 Å². The van der Waals surface area contributed by atoms with Gasteiger partial charge in [-0.25, -0.2) is 0 Å². The third-order valence-corrected chi connectivity index (χ3v) is 20.0. The molecule has 22 heteroatoms. The molecule has 15 nitrogen and oxygen atoms in total. The highest BCUT2D eigenvalue weighted by molar-refractivity contribution is 7.99. The Morgan fingerprint density at radius 2 is 1.59 bits per heavy atom. The van der Waals surface area contributed by atoms with Crippen molar-refractivity contribution < 1.29 is 46.3 Å². The number of ether oxygens (including phenoxy) is 1. The van der Waals surface area contributed by atoms with Gasteiger partial charge in [-0.2, -0.15) is 13.2 Å². The van der Waals surface area contributed by atoms with Gasteiger partial charge in [0.1, 0.15) is 6.04 Å². The van der Waals surface area contributed by atoms with E-state index in [1.807, 2.05) is 72.8 Å². The van der Waals surface area contributed by atoms with Crippen molar-refractivity contribution in [1.29, 1.82) is 0 Å². The smallest absolute Gasteiger partial charge is 0.380 e. The summed E-state index contributed by atoms with van der Waals surface area (Å²) >= 11 is 8.38. The van der Waals surface area contributed by atoms with Crippen molar-refractivity contribution in [3.8, 4) is 5.75 Å². The highest BCUT2D eigenvalue weighted by Crippen LogP contribution is 2.40. The predicted octanol–water partition coefficient (Wildman–Crippen LogP) is 12.0. The summed E-state index contributed by atoms with van der Waals surface area (Å²) in [4.78, 5) is 69.9. The fourth-order valence-electron chi connectivity index (χ4n) is 12.8. The van der Waals surface area contributed by atoms with Crippen LogP contribution in [0.15, 0.2) is 131 Å². The third kappa shape index (κ3) is 17.2. The van der Waals surface area contributed by atoms with Gasteiger partial charge in [0.05, 0.1) is 12.3 Å². The minimum Gasteiger partial charge on any atom is -0.380 e. The van der Waals surface area contributed by atoms with Crippen molar-refractivity contribution in [3.63, 3.8) is 0 Å². The zero-order valence-corrected chi connectivity index (χ0v) is 51.8. The molecule has 4 saturated heterocycles. The standard InChI is InChI=1S/C65H74ClF3N8O7S3/c66-51-13-8-46(9-14-51)56-18-7-44(40-74-27-23-45(24-28-74)48-12-19-57-50(38-48)42-77(64(57)81)59-21-22-61(78)71-63(59)80)37-49(56)41-75-30-32-76(33-31-75)53-15-10-47(11-16-53)62(79)72-86-55-17-20-58(60(39-55)83-84-87-65(67,68)69)70-52(43-85-54-5-2-1-3-6-54)25-29-73-26-4-35-82-36-34-73/h1-3,5-6,8-17,19-20,38-39,44-45,52,59,70H,4,7,18,21-37,40-43H2,(H,72,79)(H,71,78,80). The molecule has 1 aliphatic carbocycles. The molecule has 0 spiro atoms.